The number of carbonyl (C=O) groups is 2. The van der Waals surface area contributed by atoms with Gasteiger partial charge in [0, 0.05) is 18.4 Å². The van der Waals surface area contributed by atoms with Gasteiger partial charge in [-0.3, -0.25) is 19.7 Å². The molecule has 2 aromatic rings. The van der Waals surface area contributed by atoms with Crippen LogP contribution in [0.3, 0.4) is 0 Å². The number of aryl methyl sites for hydroxylation is 1. The number of nitrogens with one attached hydrogen (secondary N) is 3. The molecule has 2 aromatic heterocycles. The Hall–Kier alpha value is -3.21. The minimum Gasteiger partial charge on any atom is -0.350 e. The van der Waals surface area contributed by atoms with Gasteiger partial charge in [0.25, 0.3) is 11.8 Å². The fourth-order valence-electron chi connectivity index (χ4n) is 1.67. The van der Waals surface area contributed by atoms with Crippen molar-refractivity contribution in [2.75, 3.05) is 11.9 Å². The van der Waals surface area contributed by atoms with Crippen molar-refractivity contribution in [3.05, 3.63) is 41.5 Å². The number of amides is 2. The van der Waals surface area contributed by atoms with Crippen LogP contribution in [0.15, 0.2) is 24.5 Å². The van der Waals surface area contributed by atoms with E-state index in [1.165, 1.54) is 12.4 Å². The van der Waals surface area contributed by atoms with Crippen molar-refractivity contribution in [2.45, 2.75) is 13.3 Å². The first-order valence-corrected chi connectivity index (χ1v) is 6.54. The second-order valence-electron chi connectivity index (χ2n) is 4.47. The Labute approximate surface area is 126 Å². The number of carbonyl (C=O) groups excluding carboxylic acids is 2. The lowest BCUT2D eigenvalue weighted by atomic mass is 10.2. The Kier molecular flexibility index (Phi) is 4.82. The lowest BCUT2D eigenvalue weighted by Gasteiger charge is -2.06. The maximum absolute atomic E-state index is 12.1. The van der Waals surface area contributed by atoms with E-state index in [0.29, 0.717) is 5.56 Å². The second kappa shape index (κ2) is 6.99. The van der Waals surface area contributed by atoms with Crippen molar-refractivity contribution < 1.29 is 9.59 Å². The SMILES string of the molecule is Cc1ccc(C(=O)Nc2cn[nH]c2C(=O)NCCC#N)cn1. The maximum atomic E-state index is 12.1. The molecule has 0 bridgehead atoms. The molecule has 0 aliphatic heterocycles. The molecule has 0 atom stereocenters. The minimum atomic E-state index is -0.440. The Balaban J connectivity index is 2.06. The van der Waals surface area contributed by atoms with E-state index in [9.17, 15) is 9.59 Å². The molecule has 2 rings (SSSR count). The Morgan fingerprint density at radius 1 is 1.32 bits per heavy atom. The second-order valence-corrected chi connectivity index (χ2v) is 4.47. The van der Waals surface area contributed by atoms with Crippen molar-refractivity contribution in [1.29, 1.82) is 5.26 Å². The summed E-state index contributed by atoms with van der Waals surface area (Å²) in [5.74, 6) is -0.829. The number of nitriles is 1. The molecule has 112 valence electrons. The standard InChI is InChI=1S/C14H14N6O2/c1-9-3-4-10(7-17-9)13(21)19-11-8-18-20-12(11)14(22)16-6-2-5-15/h3-4,7-8H,2,6H2,1H3,(H,16,22)(H,18,20)(H,19,21). The zero-order chi connectivity index (χ0) is 15.9. The molecule has 8 heteroatoms. The molecule has 0 aromatic carbocycles. The minimum absolute atomic E-state index is 0.131. The lowest BCUT2D eigenvalue weighted by molar-refractivity contribution is 0.0950. The van der Waals surface area contributed by atoms with Crippen molar-refractivity contribution in [2.24, 2.45) is 0 Å². The molecule has 0 radical (unpaired) electrons. The summed E-state index contributed by atoms with van der Waals surface area (Å²) in [4.78, 5) is 28.0. The molecule has 0 fully saturated rings. The van der Waals surface area contributed by atoms with E-state index < -0.39 is 5.91 Å². The van der Waals surface area contributed by atoms with Crippen LogP contribution < -0.4 is 10.6 Å². The average Bonchev–Trinajstić information content (AvgIpc) is 2.96. The molecular weight excluding hydrogens is 284 g/mol. The first kappa shape index (κ1) is 15.2. The maximum Gasteiger partial charge on any atom is 0.271 e. The topological polar surface area (TPSA) is 124 Å². The highest BCUT2D eigenvalue weighted by molar-refractivity contribution is 6.08. The van der Waals surface area contributed by atoms with Crippen LogP contribution in [-0.2, 0) is 0 Å². The van der Waals surface area contributed by atoms with Crippen LogP contribution >= 0.6 is 0 Å². The molecule has 0 saturated carbocycles. The fraction of sp³-hybridized carbons (Fsp3) is 0.214. The number of hydrogen-bond donors (Lipinski definition) is 3. The van der Waals surface area contributed by atoms with Gasteiger partial charge in [0.2, 0.25) is 0 Å². The van der Waals surface area contributed by atoms with Crippen LogP contribution in [-0.4, -0.2) is 33.5 Å². The molecule has 2 heterocycles. The molecule has 3 N–H and O–H groups in total. The normalized spacial score (nSPS) is 9.82. The number of rotatable bonds is 5. The van der Waals surface area contributed by atoms with E-state index in [4.69, 9.17) is 5.26 Å². The number of H-pyrrole nitrogens is 1. The van der Waals surface area contributed by atoms with Crippen LogP contribution in [0.4, 0.5) is 5.69 Å². The van der Waals surface area contributed by atoms with Crippen molar-refractivity contribution in [1.82, 2.24) is 20.5 Å². The number of aromatic nitrogens is 3. The summed E-state index contributed by atoms with van der Waals surface area (Å²) in [6.07, 6.45) is 3.01. The average molecular weight is 298 g/mol. The molecule has 0 unspecified atom stereocenters. The molecule has 22 heavy (non-hydrogen) atoms. The highest BCUT2D eigenvalue weighted by Gasteiger charge is 2.16. The predicted molar refractivity (Wildman–Crippen MR) is 78.1 cm³/mol. The Bertz CT molecular complexity index is 714. The molecule has 2 amide bonds. The largest absolute Gasteiger partial charge is 0.350 e. The van der Waals surface area contributed by atoms with Gasteiger partial charge >= 0.3 is 0 Å². The summed E-state index contributed by atoms with van der Waals surface area (Å²) in [7, 11) is 0. The highest BCUT2D eigenvalue weighted by Crippen LogP contribution is 2.13. The van der Waals surface area contributed by atoms with E-state index in [1.807, 2.05) is 13.0 Å². The number of aromatic amines is 1. The quantitative estimate of drug-likeness (QED) is 0.711. The summed E-state index contributed by atoms with van der Waals surface area (Å²) in [6.45, 7) is 2.05. The van der Waals surface area contributed by atoms with E-state index in [-0.39, 0.29) is 30.3 Å². The van der Waals surface area contributed by atoms with Gasteiger partial charge in [-0.05, 0) is 19.1 Å². The predicted octanol–water partition coefficient (Wildman–Crippen LogP) is 1.01. The molecule has 0 aliphatic carbocycles. The molecule has 0 saturated heterocycles. The monoisotopic (exact) mass is 298 g/mol. The summed E-state index contributed by atoms with van der Waals surface area (Å²) >= 11 is 0. The van der Waals surface area contributed by atoms with Crippen LogP contribution in [0.25, 0.3) is 0 Å². The van der Waals surface area contributed by atoms with E-state index >= 15 is 0 Å². The van der Waals surface area contributed by atoms with Crippen LogP contribution in [0.5, 0.6) is 0 Å². The zero-order valence-corrected chi connectivity index (χ0v) is 11.9. The summed E-state index contributed by atoms with van der Waals surface area (Å²) < 4.78 is 0. The Morgan fingerprint density at radius 2 is 2.14 bits per heavy atom. The van der Waals surface area contributed by atoms with E-state index in [1.54, 1.807) is 12.1 Å². The Morgan fingerprint density at radius 3 is 2.82 bits per heavy atom. The number of nitrogens with zero attached hydrogens (tertiary/aromatic N) is 3. The highest BCUT2D eigenvalue weighted by atomic mass is 16.2. The smallest absolute Gasteiger partial charge is 0.271 e. The third kappa shape index (κ3) is 3.67. The van der Waals surface area contributed by atoms with Crippen LogP contribution in [0.1, 0.15) is 33.0 Å². The lowest BCUT2D eigenvalue weighted by Crippen LogP contribution is -2.26. The third-order valence-electron chi connectivity index (χ3n) is 2.81. The van der Waals surface area contributed by atoms with Gasteiger partial charge < -0.3 is 10.6 Å². The van der Waals surface area contributed by atoms with Crippen molar-refractivity contribution in [3.8, 4) is 6.07 Å². The molecular formula is C14H14N6O2. The number of anilines is 1. The van der Waals surface area contributed by atoms with Crippen molar-refractivity contribution in [3.63, 3.8) is 0 Å². The van der Waals surface area contributed by atoms with Gasteiger partial charge in [0.15, 0.2) is 0 Å². The van der Waals surface area contributed by atoms with Gasteiger partial charge in [0.05, 0.1) is 29.9 Å². The molecule has 8 nitrogen and oxygen atoms in total. The molecule has 0 spiro atoms. The van der Waals surface area contributed by atoms with Crippen molar-refractivity contribution >= 4 is 17.5 Å². The number of pyridine rings is 1. The zero-order valence-electron chi connectivity index (χ0n) is 11.9. The van der Waals surface area contributed by atoms with Crippen LogP contribution in [0, 0.1) is 18.3 Å². The first-order valence-electron chi connectivity index (χ1n) is 6.54. The van der Waals surface area contributed by atoms with Gasteiger partial charge in [0.1, 0.15) is 5.69 Å². The van der Waals surface area contributed by atoms with Gasteiger partial charge in [-0.1, -0.05) is 0 Å². The van der Waals surface area contributed by atoms with Gasteiger partial charge in [-0.2, -0.15) is 10.4 Å². The van der Waals surface area contributed by atoms with Gasteiger partial charge in [-0.15, -0.1) is 0 Å². The van der Waals surface area contributed by atoms with Crippen LogP contribution in [0.2, 0.25) is 0 Å². The third-order valence-corrected chi connectivity index (χ3v) is 2.81. The first-order chi connectivity index (χ1) is 10.6. The number of hydrogen-bond acceptors (Lipinski definition) is 5. The van der Waals surface area contributed by atoms with Gasteiger partial charge in [-0.25, -0.2) is 0 Å². The van der Waals surface area contributed by atoms with E-state index in [0.717, 1.165) is 5.69 Å². The summed E-state index contributed by atoms with van der Waals surface area (Å²) in [5.41, 5.74) is 1.58. The summed E-state index contributed by atoms with van der Waals surface area (Å²) in [5, 5.41) is 19.9. The molecule has 0 aliphatic rings. The summed E-state index contributed by atoms with van der Waals surface area (Å²) in [6, 6.07) is 5.29. The fourth-order valence-corrected chi connectivity index (χ4v) is 1.67. The van der Waals surface area contributed by atoms with E-state index in [2.05, 4.69) is 25.8 Å².